The largest absolute Gasteiger partial charge is 0.477 e. The van der Waals surface area contributed by atoms with E-state index in [2.05, 4.69) is 9.97 Å². The Labute approximate surface area is 105 Å². The van der Waals surface area contributed by atoms with Crippen LogP contribution in [0, 0.1) is 5.82 Å². The third-order valence-electron chi connectivity index (χ3n) is 2.33. The zero-order valence-corrected chi connectivity index (χ0v) is 9.35. The predicted molar refractivity (Wildman–Crippen MR) is 59.3 cm³/mol. The lowest BCUT2D eigenvalue weighted by Crippen LogP contribution is -2.04. The molecule has 2 aromatic rings. The lowest BCUT2D eigenvalue weighted by atomic mass is 10.1. The van der Waals surface area contributed by atoms with Crippen molar-refractivity contribution in [2.24, 2.45) is 0 Å². The van der Waals surface area contributed by atoms with Gasteiger partial charge in [-0.05, 0) is 23.8 Å². The number of alkyl halides is 2. The number of hydrogen-bond acceptors (Lipinski definition) is 3. The third-order valence-corrected chi connectivity index (χ3v) is 2.33. The van der Waals surface area contributed by atoms with Crippen molar-refractivity contribution in [1.82, 2.24) is 9.97 Å². The Morgan fingerprint density at radius 1 is 1.16 bits per heavy atom. The van der Waals surface area contributed by atoms with E-state index < -0.39 is 29.6 Å². The lowest BCUT2D eigenvalue weighted by Gasteiger charge is -2.06. The second-order valence-corrected chi connectivity index (χ2v) is 3.66. The molecule has 0 spiro atoms. The Hall–Kier alpha value is -2.44. The highest BCUT2D eigenvalue weighted by atomic mass is 19.3. The Morgan fingerprint density at radius 3 is 2.47 bits per heavy atom. The molecule has 0 atom stereocenters. The van der Waals surface area contributed by atoms with Gasteiger partial charge in [0.1, 0.15) is 17.2 Å². The van der Waals surface area contributed by atoms with Crippen LogP contribution in [0.3, 0.4) is 0 Å². The van der Waals surface area contributed by atoms with Crippen molar-refractivity contribution in [3.05, 3.63) is 47.8 Å². The summed E-state index contributed by atoms with van der Waals surface area (Å²) >= 11 is 0. The first kappa shape index (κ1) is 13.0. The third kappa shape index (κ3) is 2.87. The molecule has 0 aliphatic carbocycles. The van der Waals surface area contributed by atoms with E-state index in [1.807, 2.05) is 0 Å². The minimum atomic E-state index is -2.92. The molecule has 0 aromatic carbocycles. The van der Waals surface area contributed by atoms with E-state index in [0.29, 0.717) is 0 Å². The highest BCUT2D eigenvalue weighted by Crippen LogP contribution is 2.25. The van der Waals surface area contributed by atoms with Gasteiger partial charge >= 0.3 is 5.97 Å². The fourth-order valence-corrected chi connectivity index (χ4v) is 1.51. The van der Waals surface area contributed by atoms with Crippen molar-refractivity contribution in [3.8, 4) is 11.1 Å². The number of aromatic nitrogens is 2. The number of rotatable bonds is 3. The van der Waals surface area contributed by atoms with Gasteiger partial charge in [-0.3, -0.25) is 4.98 Å². The van der Waals surface area contributed by atoms with Gasteiger partial charge in [-0.15, -0.1) is 0 Å². The summed E-state index contributed by atoms with van der Waals surface area (Å²) in [7, 11) is 0. The first-order valence-corrected chi connectivity index (χ1v) is 5.11. The van der Waals surface area contributed by atoms with Crippen LogP contribution in [0.15, 0.2) is 30.6 Å². The van der Waals surface area contributed by atoms with Gasteiger partial charge in [0.25, 0.3) is 6.43 Å². The van der Waals surface area contributed by atoms with Crippen molar-refractivity contribution in [1.29, 1.82) is 0 Å². The van der Waals surface area contributed by atoms with E-state index in [4.69, 9.17) is 5.11 Å². The highest BCUT2D eigenvalue weighted by Gasteiger charge is 2.16. The fourth-order valence-electron chi connectivity index (χ4n) is 1.51. The van der Waals surface area contributed by atoms with Crippen molar-refractivity contribution in [2.75, 3.05) is 0 Å². The van der Waals surface area contributed by atoms with Crippen LogP contribution in [0.4, 0.5) is 13.2 Å². The molecule has 0 aliphatic rings. The molecule has 2 rings (SSSR count). The van der Waals surface area contributed by atoms with Crippen molar-refractivity contribution >= 4 is 5.97 Å². The highest BCUT2D eigenvalue weighted by molar-refractivity contribution is 5.87. The van der Waals surface area contributed by atoms with Gasteiger partial charge in [0, 0.05) is 11.8 Å². The molecule has 0 saturated heterocycles. The maximum absolute atomic E-state index is 13.0. The smallest absolute Gasteiger partial charge is 0.354 e. The van der Waals surface area contributed by atoms with Crippen LogP contribution < -0.4 is 0 Å². The lowest BCUT2D eigenvalue weighted by molar-refractivity contribution is 0.0689. The number of carboxylic acid groups (broad SMARTS) is 1. The topological polar surface area (TPSA) is 63.1 Å². The maximum atomic E-state index is 13.0. The molecule has 0 amide bonds. The minimum absolute atomic E-state index is 0.120. The van der Waals surface area contributed by atoms with Gasteiger partial charge < -0.3 is 5.11 Å². The Morgan fingerprint density at radius 2 is 1.89 bits per heavy atom. The quantitative estimate of drug-likeness (QED) is 0.929. The molecule has 7 heteroatoms. The van der Waals surface area contributed by atoms with E-state index in [1.165, 1.54) is 6.20 Å². The van der Waals surface area contributed by atoms with E-state index in [1.54, 1.807) is 0 Å². The van der Waals surface area contributed by atoms with Crippen LogP contribution in [0.25, 0.3) is 11.1 Å². The van der Waals surface area contributed by atoms with Crippen LogP contribution in [-0.2, 0) is 0 Å². The van der Waals surface area contributed by atoms with E-state index >= 15 is 0 Å². The van der Waals surface area contributed by atoms with E-state index in [-0.39, 0.29) is 11.1 Å². The first-order chi connectivity index (χ1) is 8.97. The average molecular weight is 268 g/mol. The number of aromatic carboxylic acids is 1. The summed E-state index contributed by atoms with van der Waals surface area (Å²) in [6.07, 6.45) is -0.713. The summed E-state index contributed by atoms with van der Waals surface area (Å²) in [6, 6.07) is 3.17. The molecule has 2 heterocycles. The van der Waals surface area contributed by atoms with Crippen molar-refractivity contribution in [2.45, 2.75) is 6.43 Å². The Balaban J connectivity index is 2.59. The predicted octanol–water partition coefficient (Wildman–Crippen LogP) is 2.92. The number of carbonyl (C=O) groups is 1. The second kappa shape index (κ2) is 5.05. The van der Waals surface area contributed by atoms with Crippen LogP contribution in [0.2, 0.25) is 0 Å². The minimum Gasteiger partial charge on any atom is -0.477 e. The monoisotopic (exact) mass is 268 g/mol. The molecule has 0 saturated carbocycles. The normalized spacial score (nSPS) is 10.7. The van der Waals surface area contributed by atoms with Crippen LogP contribution in [0.5, 0.6) is 0 Å². The molecule has 4 nitrogen and oxygen atoms in total. The summed E-state index contributed by atoms with van der Waals surface area (Å²) in [6.45, 7) is 0. The Bertz CT molecular complexity index is 632. The molecule has 0 bridgehead atoms. The molecule has 1 N–H and O–H groups in total. The molecule has 2 aromatic heterocycles. The van der Waals surface area contributed by atoms with Gasteiger partial charge in [-0.25, -0.2) is 22.9 Å². The molecular weight excluding hydrogens is 261 g/mol. The summed E-state index contributed by atoms with van der Waals surface area (Å²) in [5.74, 6) is -2.09. The summed E-state index contributed by atoms with van der Waals surface area (Å²) < 4.78 is 38.3. The molecule has 0 unspecified atom stereocenters. The van der Waals surface area contributed by atoms with Crippen molar-refractivity contribution < 1.29 is 23.1 Å². The number of carboxylic acids is 1. The van der Waals surface area contributed by atoms with Crippen LogP contribution in [0.1, 0.15) is 22.6 Å². The average Bonchev–Trinajstić information content (AvgIpc) is 2.38. The Kier molecular flexibility index (Phi) is 3.46. The van der Waals surface area contributed by atoms with E-state index in [9.17, 15) is 18.0 Å². The number of hydrogen-bond donors (Lipinski definition) is 1. The van der Waals surface area contributed by atoms with Gasteiger partial charge in [0.2, 0.25) is 0 Å². The number of halogens is 3. The van der Waals surface area contributed by atoms with Gasteiger partial charge in [-0.1, -0.05) is 0 Å². The summed E-state index contributed by atoms with van der Waals surface area (Å²) in [5, 5.41) is 8.82. The SMILES string of the molecule is O=C(O)c1cc(-c2cncc(F)c2)cc(C(F)F)n1. The summed E-state index contributed by atoms with van der Waals surface area (Å²) in [4.78, 5) is 17.7. The zero-order valence-electron chi connectivity index (χ0n) is 9.35. The number of nitrogens with zero attached hydrogens (tertiary/aromatic N) is 2. The molecular formula is C12H7F3N2O2. The van der Waals surface area contributed by atoms with Crippen LogP contribution >= 0.6 is 0 Å². The van der Waals surface area contributed by atoms with Gasteiger partial charge in [0.15, 0.2) is 0 Å². The number of pyridine rings is 2. The first-order valence-electron chi connectivity index (χ1n) is 5.11. The molecule has 98 valence electrons. The molecule has 0 aliphatic heterocycles. The summed E-state index contributed by atoms with van der Waals surface area (Å²) in [5.41, 5.74) is -0.891. The van der Waals surface area contributed by atoms with E-state index in [0.717, 1.165) is 24.4 Å². The standard InChI is InChI=1S/C12H7F3N2O2/c13-8-1-7(4-16-5-8)6-2-9(11(14)15)17-10(3-6)12(18)19/h1-5,11H,(H,18,19). The molecule has 0 radical (unpaired) electrons. The zero-order chi connectivity index (χ0) is 14.0. The van der Waals surface area contributed by atoms with Crippen molar-refractivity contribution in [3.63, 3.8) is 0 Å². The molecule has 0 fully saturated rings. The second-order valence-electron chi connectivity index (χ2n) is 3.66. The van der Waals surface area contributed by atoms with Gasteiger partial charge in [-0.2, -0.15) is 0 Å². The van der Waals surface area contributed by atoms with Gasteiger partial charge in [0.05, 0.1) is 6.20 Å². The maximum Gasteiger partial charge on any atom is 0.354 e. The fraction of sp³-hybridized carbons (Fsp3) is 0.0833. The van der Waals surface area contributed by atoms with Crippen LogP contribution in [-0.4, -0.2) is 21.0 Å². The molecule has 19 heavy (non-hydrogen) atoms.